The molecular weight excluding hydrogens is 284 g/mol. The van der Waals surface area contributed by atoms with Crippen LogP contribution in [0.15, 0.2) is 22.5 Å². The van der Waals surface area contributed by atoms with Gasteiger partial charge in [-0.1, -0.05) is 6.07 Å². The van der Waals surface area contributed by atoms with Crippen LogP contribution >= 0.6 is 11.3 Å². The topological polar surface area (TPSA) is 65.5 Å². The minimum absolute atomic E-state index is 0.0713. The summed E-state index contributed by atoms with van der Waals surface area (Å²) in [5, 5.41) is 11.4. The van der Waals surface area contributed by atoms with Crippen molar-refractivity contribution in [3.8, 4) is 0 Å². The molecule has 1 heterocycles. The predicted octanol–water partition coefficient (Wildman–Crippen LogP) is 1.76. The zero-order valence-electron chi connectivity index (χ0n) is 13.3. The van der Waals surface area contributed by atoms with Crippen LogP contribution < -0.4 is 16.0 Å². The van der Waals surface area contributed by atoms with Gasteiger partial charge >= 0.3 is 0 Å². The second-order valence-corrected chi connectivity index (χ2v) is 6.78. The molecule has 6 heteroatoms. The molecule has 118 valence electrons. The van der Waals surface area contributed by atoms with Gasteiger partial charge in [0.25, 0.3) is 0 Å². The number of carbonyl (C=O) groups is 1. The van der Waals surface area contributed by atoms with E-state index in [0.29, 0.717) is 5.96 Å². The van der Waals surface area contributed by atoms with Gasteiger partial charge in [-0.25, -0.2) is 4.99 Å². The fourth-order valence-electron chi connectivity index (χ4n) is 1.71. The Kier molecular flexibility index (Phi) is 7.22. The second kappa shape index (κ2) is 8.67. The van der Waals surface area contributed by atoms with Crippen LogP contribution in [-0.2, 0) is 11.2 Å². The molecule has 1 amide bonds. The Balaban J connectivity index is 2.40. The maximum atomic E-state index is 11.8. The molecule has 0 spiro atoms. The Morgan fingerprint density at radius 3 is 2.67 bits per heavy atom. The molecule has 0 bridgehead atoms. The highest BCUT2D eigenvalue weighted by Gasteiger charge is 2.13. The molecule has 0 saturated carbocycles. The summed E-state index contributed by atoms with van der Waals surface area (Å²) in [4.78, 5) is 17.4. The fraction of sp³-hybridized carbons (Fsp3) is 0.600. The van der Waals surface area contributed by atoms with Gasteiger partial charge in [0.1, 0.15) is 6.54 Å². The van der Waals surface area contributed by atoms with E-state index in [2.05, 4.69) is 38.5 Å². The van der Waals surface area contributed by atoms with Crippen molar-refractivity contribution in [2.45, 2.75) is 39.7 Å². The second-order valence-electron chi connectivity index (χ2n) is 5.75. The zero-order valence-corrected chi connectivity index (χ0v) is 14.1. The molecule has 1 aromatic heterocycles. The summed E-state index contributed by atoms with van der Waals surface area (Å²) in [7, 11) is 0. The quantitative estimate of drug-likeness (QED) is 0.554. The van der Waals surface area contributed by atoms with Crippen LogP contribution in [0.25, 0.3) is 0 Å². The van der Waals surface area contributed by atoms with Crippen molar-refractivity contribution in [3.63, 3.8) is 0 Å². The number of aliphatic imine (C=N–C) groups is 1. The van der Waals surface area contributed by atoms with Gasteiger partial charge in [-0.05, 0) is 45.6 Å². The SMILES string of the molecule is CCNC(=NCC(=O)NC(C)(C)C)NCCc1cccs1. The molecule has 0 unspecified atom stereocenters. The number of guanidine groups is 1. The van der Waals surface area contributed by atoms with Gasteiger partial charge in [0.05, 0.1) is 0 Å². The smallest absolute Gasteiger partial charge is 0.242 e. The average Bonchev–Trinajstić information content (AvgIpc) is 2.87. The number of carbonyl (C=O) groups excluding carboxylic acids is 1. The third kappa shape index (κ3) is 8.34. The lowest BCUT2D eigenvalue weighted by atomic mass is 10.1. The first-order valence-electron chi connectivity index (χ1n) is 7.26. The summed E-state index contributed by atoms with van der Waals surface area (Å²) in [5.74, 6) is 0.607. The van der Waals surface area contributed by atoms with Crippen molar-refractivity contribution in [1.82, 2.24) is 16.0 Å². The van der Waals surface area contributed by atoms with E-state index in [9.17, 15) is 4.79 Å². The summed E-state index contributed by atoms with van der Waals surface area (Å²) in [5.41, 5.74) is -0.225. The maximum Gasteiger partial charge on any atom is 0.242 e. The average molecular weight is 310 g/mol. The molecular formula is C15H26N4OS. The number of thiophene rings is 1. The number of rotatable bonds is 6. The number of amides is 1. The monoisotopic (exact) mass is 310 g/mol. The normalized spacial score (nSPS) is 12.1. The van der Waals surface area contributed by atoms with E-state index in [0.717, 1.165) is 19.5 Å². The number of nitrogens with one attached hydrogen (secondary N) is 3. The van der Waals surface area contributed by atoms with Crippen LogP contribution in [0.4, 0.5) is 0 Å². The first-order valence-corrected chi connectivity index (χ1v) is 8.14. The molecule has 3 N–H and O–H groups in total. The van der Waals surface area contributed by atoms with Crippen LogP contribution in [0.2, 0.25) is 0 Å². The third-order valence-electron chi connectivity index (χ3n) is 2.48. The minimum Gasteiger partial charge on any atom is -0.357 e. The Morgan fingerprint density at radius 1 is 1.33 bits per heavy atom. The van der Waals surface area contributed by atoms with E-state index in [1.54, 1.807) is 11.3 Å². The van der Waals surface area contributed by atoms with Crippen molar-refractivity contribution < 1.29 is 4.79 Å². The van der Waals surface area contributed by atoms with Gasteiger partial charge < -0.3 is 16.0 Å². The lowest BCUT2D eigenvalue weighted by molar-refractivity contribution is -0.121. The molecule has 0 aliphatic heterocycles. The first kappa shape index (κ1) is 17.5. The highest BCUT2D eigenvalue weighted by atomic mass is 32.1. The highest BCUT2D eigenvalue weighted by molar-refractivity contribution is 7.09. The first-order chi connectivity index (χ1) is 9.90. The standard InChI is InChI=1S/C15H26N4OS/c1-5-16-14(17-9-8-12-7-6-10-21-12)18-11-13(20)19-15(2,3)4/h6-7,10H,5,8-9,11H2,1-4H3,(H,19,20)(H2,16,17,18). The Labute approximate surface area is 131 Å². The number of nitrogens with zero attached hydrogens (tertiary/aromatic N) is 1. The third-order valence-corrected chi connectivity index (χ3v) is 3.42. The van der Waals surface area contributed by atoms with Crippen molar-refractivity contribution in [1.29, 1.82) is 0 Å². The lowest BCUT2D eigenvalue weighted by Crippen LogP contribution is -2.43. The molecule has 5 nitrogen and oxygen atoms in total. The largest absolute Gasteiger partial charge is 0.357 e. The Hall–Kier alpha value is -1.56. The summed E-state index contributed by atoms with van der Waals surface area (Å²) < 4.78 is 0. The molecule has 0 aliphatic rings. The Morgan fingerprint density at radius 2 is 2.10 bits per heavy atom. The summed E-state index contributed by atoms with van der Waals surface area (Å²) in [6.07, 6.45) is 0.955. The zero-order chi connectivity index (χ0) is 15.7. The minimum atomic E-state index is -0.225. The van der Waals surface area contributed by atoms with Gasteiger partial charge in [0, 0.05) is 23.5 Å². The number of hydrogen-bond donors (Lipinski definition) is 3. The summed E-state index contributed by atoms with van der Waals surface area (Å²) in [6.45, 7) is 9.58. The highest BCUT2D eigenvalue weighted by Crippen LogP contribution is 2.07. The van der Waals surface area contributed by atoms with Crippen LogP contribution in [0.3, 0.4) is 0 Å². The molecule has 0 aromatic carbocycles. The van der Waals surface area contributed by atoms with Gasteiger partial charge in [0.15, 0.2) is 5.96 Å². The Bertz CT molecular complexity index is 449. The summed E-state index contributed by atoms with van der Waals surface area (Å²) >= 11 is 1.75. The van der Waals surface area contributed by atoms with Gasteiger partial charge in [-0.2, -0.15) is 0 Å². The molecule has 1 rings (SSSR count). The van der Waals surface area contributed by atoms with Gasteiger partial charge in [0.2, 0.25) is 5.91 Å². The predicted molar refractivity (Wildman–Crippen MR) is 89.9 cm³/mol. The van der Waals surface area contributed by atoms with E-state index in [1.165, 1.54) is 4.88 Å². The molecule has 0 fully saturated rings. The van der Waals surface area contributed by atoms with Crippen LogP contribution in [0, 0.1) is 0 Å². The van der Waals surface area contributed by atoms with E-state index >= 15 is 0 Å². The van der Waals surface area contributed by atoms with E-state index < -0.39 is 0 Å². The van der Waals surface area contributed by atoms with Crippen LogP contribution in [-0.4, -0.2) is 37.0 Å². The molecule has 21 heavy (non-hydrogen) atoms. The number of hydrogen-bond acceptors (Lipinski definition) is 3. The summed E-state index contributed by atoms with van der Waals surface area (Å²) in [6, 6.07) is 4.17. The van der Waals surface area contributed by atoms with Crippen molar-refractivity contribution >= 4 is 23.2 Å². The van der Waals surface area contributed by atoms with Crippen molar-refractivity contribution in [2.75, 3.05) is 19.6 Å². The molecule has 0 atom stereocenters. The van der Waals surface area contributed by atoms with Gasteiger partial charge in [-0.15, -0.1) is 11.3 Å². The van der Waals surface area contributed by atoms with E-state index in [1.807, 2.05) is 27.7 Å². The van der Waals surface area contributed by atoms with Crippen molar-refractivity contribution in [3.05, 3.63) is 22.4 Å². The molecule has 0 aliphatic carbocycles. The van der Waals surface area contributed by atoms with E-state index in [4.69, 9.17) is 0 Å². The van der Waals surface area contributed by atoms with Gasteiger partial charge in [-0.3, -0.25) is 4.79 Å². The van der Waals surface area contributed by atoms with Crippen molar-refractivity contribution in [2.24, 2.45) is 4.99 Å². The lowest BCUT2D eigenvalue weighted by Gasteiger charge is -2.20. The maximum absolute atomic E-state index is 11.8. The van der Waals surface area contributed by atoms with Crippen LogP contribution in [0.5, 0.6) is 0 Å². The van der Waals surface area contributed by atoms with E-state index in [-0.39, 0.29) is 18.0 Å². The molecule has 0 saturated heterocycles. The molecule has 1 aromatic rings. The fourth-order valence-corrected chi connectivity index (χ4v) is 2.42. The molecule has 0 radical (unpaired) electrons. The van der Waals surface area contributed by atoms with Crippen LogP contribution in [0.1, 0.15) is 32.6 Å².